The molecule has 2 atom stereocenters. The van der Waals surface area contributed by atoms with Crippen LogP contribution in [-0.2, 0) is 16.3 Å². The fraction of sp³-hybridized carbons (Fsp3) is 0.458. The van der Waals surface area contributed by atoms with Crippen LogP contribution in [0.5, 0.6) is 0 Å². The van der Waals surface area contributed by atoms with Crippen LogP contribution in [0.15, 0.2) is 40.3 Å². The molecule has 4 N–H and O–H groups in total. The molecule has 0 bridgehead atoms. The molecule has 1 aromatic carbocycles. The van der Waals surface area contributed by atoms with Crippen molar-refractivity contribution < 1.29 is 18.9 Å². The van der Waals surface area contributed by atoms with Gasteiger partial charge in [0, 0.05) is 31.9 Å². The van der Waals surface area contributed by atoms with Gasteiger partial charge >= 0.3 is 17.8 Å². The van der Waals surface area contributed by atoms with E-state index in [1.54, 1.807) is 6.92 Å². The summed E-state index contributed by atoms with van der Waals surface area (Å²) < 4.78 is 23.4. The zero-order valence-electron chi connectivity index (χ0n) is 21.4. The Morgan fingerprint density at radius 2 is 1.97 bits per heavy atom. The normalized spacial score (nSPS) is 17.0. The van der Waals surface area contributed by atoms with Gasteiger partial charge in [-0.1, -0.05) is 37.3 Å². The van der Waals surface area contributed by atoms with Crippen LogP contribution in [0.4, 0.5) is 15.4 Å². The van der Waals surface area contributed by atoms with Crippen LogP contribution in [0.25, 0.3) is 11.2 Å². The molecule has 13 nitrogen and oxygen atoms in total. The predicted molar refractivity (Wildman–Crippen MR) is 142 cm³/mol. The van der Waals surface area contributed by atoms with E-state index in [1.807, 2.05) is 30.3 Å². The summed E-state index contributed by atoms with van der Waals surface area (Å²) in [5.74, 6) is -0.197. The second-order valence-electron chi connectivity index (χ2n) is 9.40. The molecule has 14 heteroatoms. The third-order valence-corrected chi connectivity index (χ3v) is 8.44. The van der Waals surface area contributed by atoms with Crippen LogP contribution in [-0.4, -0.2) is 82.3 Å². The van der Waals surface area contributed by atoms with E-state index < -0.39 is 27.5 Å². The van der Waals surface area contributed by atoms with Gasteiger partial charge < -0.3 is 20.6 Å². The SMILES string of the molecule is CCCS(=N)(=O)c1nc(N)c2c(n1)n(Cc1ccccc1)c(=O)n2C(=O)N(C)CCC1CCCN1C(=O)O. The van der Waals surface area contributed by atoms with E-state index in [1.165, 1.54) is 21.4 Å². The summed E-state index contributed by atoms with van der Waals surface area (Å²) in [6.45, 7) is 2.52. The molecular formula is C24H32N8O5S. The summed E-state index contributed by atoms with van der Waals surface area (Å²) in [7, 11) is -1.83. The summed E-state index contributed by atoms with van der Waals surface area (Å²) in [6, 6.07) is 8.21. The van der Waals surface area contributed by atoms with Gasteiger partial charge in [-0.2, -0.15) is 4.98 Å². The molecule has 3 heterocycles. The van der Waals surface area contributed by atoms with E-state index in [0.717, 1.165) is 16.6 Å². The van der Waals surface area contributed by atoms with Gasteiger partial charge in [0.2, 0.25) is 5.16 Å². The lowest BCUT2D eigenvalue weighted by Gasteiger charge is -2.24. The zero-order valence-corrected chi connectivity index (χ0v) is 22.2. The van der Waals surface area contributed by atoms with Gasteiger partial charge in [-0.25, -0.2) is 32.9 Å². The van der Waals surface area contributed by atoms with Crippen molar-refractivity contribution >= 4 is 38.8 Å². The van der Waals surface area contributed by atoms with Gasteiger partial charge in [0.1, 0.15) is 15.2 Å². The van der Waals surface area contributed by atoms with Gasteiger partial charge in [0.05, 0.1) is 6.54 Å². The molecule has 0 spiro atoms. The van der Waals surface area contributed by atoms with E-state index in [9.17, 15) is 23.7 Å². The molecule has 1 fully saturated rings. The predicted octanol–water partition coefficient (Wildman–Crippen LogP) is 2.47. The van der Waals surface area contributed by atoms with E-state index in [0.29, 0.717) is 25.8 Å². The minimum atomic E-state index is -3.36. The average Bonchev–Trinajstić information content (AvgIpc) is 3.46. The molecule has 1 aliphatic rings. The topological polar surface area (TPSA) is 180 Å². The first-order chi connectivity index (χ1) is 18.0. The van der Waals surface area contributed by atoms with E-state index >= 15 is 0 Å². The lowest BCUT2D eigenvalue weighted by molar-refractivity contribution is 0.135. The number of carboxylic acid groups (broad SMARTS) is 1. The van der Waals surface area contributed by atoms with Gasteiger partial charge in [-0.15, -0.1) is 0 Å². The number of imidazole rings is 1. The van der Waals surface area contributed by atoms with Crippen LogP contribution in [0, 0.1) is 4.78 Å². The fourth-order valence-electron chi connectivity index (χ4n) is 4.76. The molecule has 0 saturated carbocycles. The smallest absolute Gasteiger partial charge is 0.407 e. The van der Waals surface area contributed by atoms with Gasteiger partial charge in [0.15, 0.2) is 11.5 Å². The van der Waals surface area contributed by atoms with Crippen molar-refractivity contribution in [3.8, 4) is 0 Å². The number of nitrogen functional groups attached to an aromatic ring is 1. The van der Waals surface area contributed by atoms with Crippen LogP contribution in [0.3, 0.4) is 0 Å². The highest BCUT2D eigenvalue weighted by Gasteiger charge is 2.30. The minimum absolute atomic E-state index is 0.0204. The number of carbonyl (C=O) groups excluding carboxylic acids is 1. The number of aromatic nitrogens is 4. The van der Waals surface area contributed by atoms with Crippen molar-refractivity contribution in [1.29, 1.82) is 4.78 Å². The third-order valence-electron chi connectivity index (χ3n) is 6.68. The van der Waals surface area contributed by atoms with Crippen LogP contribution >= 0.6 is 0 Å². The van der Waals surface area contributed by atoms with Crippen LogP contribution < -0.4 is 11.4 Å². The number of nitrogens with two attached hydrogens (primary N) is 1. The van der Waals surface area contributed by atoms with E-state index in [4.69, 9.17) is 10.5 Å². The molecule has 2 unspecified atom stereocenters. The minimum Gasteiger partial charge on any atom is -0.465 e. The Hall–Kier alpha value is -3.94. The summed E-state index contributed by atoms with van der Waals surface area (Å²) in [5, 5.41) is 9.12. The monoisotopic (exact) mass is 544 g/mol. The number of likely N-dealkylation sites (tertiary alicyclic amines) is 1. The first-order valence-electron chi connectivity index (χ1n) is 12.4. The lowest BCUT2D eigenvalue weighted by atomic mass is 10.1. The Balaban J connectivity index is 1.76. The second-order valence-corrected chi connectivity index (χ2v) is 11.5. The van der Waals surface area contributed by atoms with Crippen molar-refractivity contribution in [2.24, 2.45) is 0 Å². The van der Waals surface area contributed by atoms with E-state index in [-0.39, 0.29) is 47.0 Å². The Bertz CT molecular complexity index is 1520. The van der Waals surface area contributed by atoms with Gasteiger partial charge in [0.25, 0.3) is 0 Å². The number of rotatable bonds is 8. The van der Waals surface area contributed by atoms with Crippen molar-refractivity contribution in [2.75, 3.05) is 31.6 Å². The maximum Gasteiger partial charge on any atom is 0.407 e. The Kier molecular flexibility index (Phi) is 7.71. The standard InChI is InChI=1S/C24H32N8O5S/c1-3-14-38(26,37)21-27-19(25)18-20(28-21)31(15-16-8-5-4-6-9-16)23(34)32(18)22(33)29(2)13-11-17-10-7-12-30(17)24(35)36/h4-6,8-9,17,26H,3,7,10-15H2,1-2H3,(H,35,36)(H2,25,27,28). The molecule has 3 aromatic rings. The molecule has 0 radical (unpaired) electrons. The number of fused-ring (bicyclic) bond motifs is 1. The molecule has 38 heavy (non-hydrogen) atoms. The molecule has 1 saturated heterocycles. The zero-order chi connectivity index (χ0) is 27.6. The molecule has 1 aliphatic heterocycles. The molecular weight excluding hydrogens is 512 g/mol. The van der Waals surface area contributed by atoms with Crippen LogP contribution in [0.1, 0.15) is 38.2 Å². The fourth-order valence-corrected chi connectivity index (χ4v) is 5.99. The summed E-state index contributed by atoms with van der Waals surface area (Å²) in [4.78, 5) is 49.8. The van der Waals surface area contributed by atoms with E-state index in [2.05, 4.69) is 9.97 Å². The molecule has 2 aromatic heterocycles. The number of hydrogen-bond donors (Lipinski definition) is 3. The first-order valence-corrected chi connectivity index (χ1v) is 14.1. The number of amides is 2. The van der Waals surface area contributed by atoms with Gasteiger partial charge in [-0.05, 0) is 31.2 Å². The largest absolute Gasteiger partial charge is 0.465 e. The number of carbonyl (C=O) groups is 2. The Morgan fingerprint density at radius 1 is 1.26 bits per heavy atom. The molecule has 0 aliphatic carbocycles. The summed E-state index contributed by atoms with van der Waals surface area (Å²) >= 11 is 0. The average molecular weight is 545 g/mol. The first kappa shape index (κ1) is 27.1. The Labute approximate surface area is 219 Å². The second kappa shape index (κ2) is 10.8. The summed E-state index contributed by atoms with van der Waals surface area (Å²) in [6.07, 6.45) is 1.36. The number of anilines is 1. The number of nitrogens with zero attached hydrogens (tertiary/aromatic N) is 6. The summed E-state index contributed by atoms with van der Waals surface area (Å²) in [5.41, 5.74) is 6.28. The molecule has 2 amide bonds. The van der Waals surface area contributed by atoms with Gasteiger partial charge in [-0.3, -0.25) is 4.57 Å². The number of benzene rings is 1. The molecule has 4 rings (SSSR count). The third kappa shape index (κ3) is 5.21. The highest BCUT2D eigenvalue weighted by Crippen LogP contribution is 2.23. The maximum absolute atomic E-state index is 13.6. The van der Waals surface area contributed by atoms with Crippen molar-refractivity contribution in [3.05, 3.63) is 46.4 Å². The Morgan fingerprint density at radius 3 is 2.63 bits per heavy atom. The highest BCUT2D eigenvalue weighted by molar-refractivity contribution is 7.92. The number of nitrogens with one attached hydrogen (secondary N) is 1. The van der Waals surface area contributed by atoms with Crippen molar-refractivity contribution in [1.82, 2.24) is 28.9 Å². The van der Waals surface area contributed by atoms with Crippen molar-refractivity contribution in [3.63, 3.8) is 0 Å². The quantitative estimate of drug-likeness (QED) is 0.362. The van der Waals surface area contributed by atoms with Crippen molar-refractivity contribution in [2.45, 2.75) is 50.4 Å². The maximum atomic E-state index is 13.6. The van der Waals surface area contributed by atoms with Crippen LogP contribution in [0.2, 0.25) is 0 Å². The molecule has 204 valence electrons. The lowest BCUT2D eigenvalue weighted by Crippen LogP contribution is -2.41. The number of hydrogen-bond acceptors (Lipinski definition) is 8. The highest BCUT2D eigenvalue weighted by atomic mass is 32.2.